The van der Waals surface area contributed by atoms with Gasteiger partial charge in [-0.3, -0.25) is 0 Å². The molecule has 6 heterocycles. The highest BCUT2D eigenvalue weighted by molar-refractivity contribution is 5.75. The van der Waals surface area contributed by atoms with Gasteiger partial charge >= 0.3 is 0 Å². The molecular formula is C23H21N9. The lowest BCUT2D eigenvalue weighted by Gasteiger charge is -2.54. The van der Waals surface area contributed by atoms with Crippen LogP contribution < -0.4 is 10.6 Å². The molecule has 9 nitrogen and oxygen atoms in total. The van der Waals surface area contributed by atoms with E-state index in [-0.39, 0.29) is 0 Å². The zero-order chi connectivity index (χ0) is 21.1. The second-order valence-electron chi connectivity index (χ2n) is 8.84. The van der Waals surface area contributed by atoms with Crippen LogP contribution >= 0.6 is 0 Å². The van der Waals surface area contributed by atoms with Crippen molar-refractivity contribution in [3.63, 3.8) is 0 Å². The number of hydrogen-bond donors (Lipinski definition) is 2. The van der Waals surface area contributed by atoms with Gasteiger partial charge in [0.2, 0.25) is 0 Å². The van der Waals surface area contributed by atoms with Gasteiger partial charge in [0.05, 0.1) is 29.3 Å². The van der Waals surface area contributed by atoms with Crippen molar-refractivity contribution in [1.82, 2.24) is 39.5 Å². The largest absolute Gasteiger partial charge is 0.367 e. The monoisotopic (exact) mass is 423 g/mol. The van der Waals surface area contributed by atoms with Crippen LogP contribution in [-0.2, 0) is 0 Å². The third-order valence-corrected chi connectivity index (χ3v) is 6.64. The summed E-state index contributed by atoms with van der Waals surface area (Å²) in [5.41, 5.74) is 5.42. The number of nitrogens with zero attached hydrogens (tertiary/aromatic N) is 7. The summed E-state index contributed by atoms with van der Waals surface area (Å²) in [5.74, 6) is 0.896. The molecule has 7 rings (SSSR count). The van der Waals surface area contributed by atoms with Crippen molar-refractivity contribution in [2.24, 2.45) is 5.41 Å². The number of nitrogens with one attached hydrogen (secondary N) is 2. The Morgan fingerprint density at radius 2 is 1.94 bits per heavy atom. The molecule has 2 N–H and O–H groups in total. The molecule has 32 heavy (non-hydrogen) atoms. The lowest BCUT2D eigenvalue weighted by Crippen LogP contribution is -2.63. The number of fused-ring (bicyclic) bond motifs is 2. The number of pyridine rings is 1. The first-order valence-corrected chi connectivity index (χ1v) is 10.8. The fraction of sp³-hybridized carbons (Fsp3) is 0.261. The Morgan fingerprint density at radius 1 is 1.00 bits per heavy atom. The van der Waals surface area contributed by atoms with Crippen molar-refractivity contribution >= 4 is 17.1 Å². The molecule has 0 atom stereocenters. The first-order valence-electron chi connectivity index (χ1n) is 10.8. The maximum Gasteiger partial charge on any atom is 0.164 e. The third kappa shape index (κ3) is 2.71. The highest BCUT2D eigenvalue weighted by Gasteiger charge is 2.48. The molecule has 1 saturated heterocycles. The van der Waals surface area contributed by atoms with Crippen LogP contribution in [0.1, 0.15) is 12.8 Å². The van der Waals surface area contributed by atoms with Gasteiger partial charge in [0, 0.05) is 31.5 Å². The molecule has 2 aliphatic rings. The van der Waals surface area contributed by atoms with Crippen LogP contribution in [0.25, 0.3) is 33.9 Å². The molecule has 5 aromatic heterocycles. The lowest BCUT2D eigenvalue weighted by molar-refractivity contribution is 0.0469. The predicted octanol–water partition coefficient (Wildman–Crippen LogP) is 2.66. The maximum absolute atomic E-state index is 4.86. The van der Waals surface area contributed by atoms with E-state index in [1.807, 2.05) is 53.3 Å². The Balaban J connectivity index is 1.23. The predicted molar refractivity (Wildman–Crippen MR) is 120 cm³/mol. The molecule has 5 aromatic rings. The molecule has 0 unspecified atom stereocenters. The molecule has 1 aliphatic carbocycles. The Bertz CT molecular complexity index is 1450. The van der Waals surface area contributed by atoms with Crippen molar-refractivity contribution < 1.29 is 0 Å². The topological polar surface area (TPSA) is 97.3 Å². The van der Waals surface area contributed by atoms with E-state index in [9.17, 15) is 0 Å². The molecule has 0 aromatic carbocycles. The smallest absolute Gasteiger partial charge is 0.164 e. The van der Waals surface area contributed by atoms with Crippen LogP contribution in [0.3, 0.4) is 0 Å². The van der Waals surface area contributed by atoms with Gasteiger partial charge in [-0.2, -0.15) is 10.2 Å². The molecule has 158 valence electrons. The first-order chi connectivity index (χ1) is 15.8. The Labute approximate surface area is 183 Å². The molecule has 9 heteroatoms. The van der Waals surface area contributed by atoms with Crippen molar-refractivity contribution in [1.29, 1.82) is 0 Å². The van der Waals surface area contributed by atoms with Gasteiger partial charge in [-0.1, -0.05) is 6.07 Å². The van der Waals surface area contributed by atoms with Crippen LogP contribution in [0, 0.1) is 5.41 Å². The number of hydrogen-bond acceptors (Lipinski definition) is 7. The van der Waals surface area contributed by atoms with Gasteiger partial charge in [0.15, 0.2) is 11.3 Å². The van der Waals surface area contributed by atoms with Gasteiger partial charge in [-0.05, 0) is 48.6 Å². The number of imidazole rings is 1. The molecule has 1 saturated carbocycles. The number of aromatic nitrogens is 7. The minimum Gasteiger partial charge on any atom is -0.367 e. The van der Waals surface area contributed by atoms with Crippen molar-refractivity contribution in [3.8, 4) is 22.6 Å². The summed E-state index contributed by atoms with van der Waals surface area (Å²) in [6.45, 7) is 2.30. The minimum absolute atomic E-state index is 0.495. The molecule has 1 aliphatic heterocycles. The van der Waals surface area contributed by atoms with Crippen molar-refractivity contribution in [2.45, 2.75) is 18.9 Å². The van der Waals surface area contributed by atoms with E-state index in [0.29, 0.717) is 11.5 Å². The summed E-state index contributed by atoms with van der Waals surface area (Å²) in [5, 5.41) is 16.2. The molecule has 0 amide bonds. The average molecular weight is 423 g/mol. The summed E-state index contributed by atoms with van der Waals surface area (Å²) < 4.78 is 3.59. The fourth-order valence-electron chi connectivity index (χ4n) is 4.92. The summed E-state index contributed by atoms with van der Waals surface area (Å²) in [7, 11) is 0. The van der Waals surface area contributed by atoms with Crippen molar-refractivity contribution in [3.05, 3.63) is 61.2 Å². The van der Waals surface area contributed by atoms with E-state index < -0.39 is 0 Å². The highest BCUT2D eigenvalue weighted by Crippen LogP contribution is 2.45. The van der Waals surface area contributed by atoms with Crippen LogP contribution in [0.15, 0.2) is 61.2 Å². The summed E-state index contributed by atoms with van der Waals surface area (Å²) in [4.78, 5) is 13.8. The Morgan fingerprint density at radius 3 is 2.81 bits per heavy atom. The Hall–Kier alpha value is -3.85. The quantitative estimate of drug-likeness (QED) is 0.459. The van der Waals surface area contributed by atoms with E-state index in [4.69, 9.17) is 10.1 Å². The Kier molecular flexibility index (Phi) is 3.65. The van der Waals surface area contributed by atoms with Gasteiger partial charge in [0.25, 0.3) is 0 Å². The van der Waals surface area contributed by atoms with Crippen molar-refractivity contribution in [2.75, 3.05) is 18.4 Å². The highest BCUT2D eigenvalue weighted by atomic mass is 15.3. The van der Waals surface area contributed by atoms with E-state index in [1.54, 1.807) is 16.9 Å². The summed E-state index contributed by atoms with van der Waals surface area (Å²) >= 11 is 0. The molecule has 0 radical (unpaired) electrons. The SMILES string of the molecule is c1cc(NC2CC3(CNC3)C2)nc(-c2cnc3ccc(-c4cnn5cccnc45)nn23)c1. The average Bonchev–Trinajstić information content (AvgIpc) is 3.38. The third-order valence-electron chi connectivity index (χ3n) is 6.64. The molecular weight excluding hydrogens is 402 g/mol. The first kappa shape index (κ1) is 17.8. The minimum atomic E-state index is 0.495. The molecule has 0 bridgehead atoms. The number of anilines is 1. The maximum atomic E-state index is 4.86. The second-order valence-corrected chi connectivity index (χ2v) is 8.84. The van der Waals surface area contributed by atoms with Gasteiger partial charge in [0.1, 0.15) is 11.5 Å². The fourth-order valence-corrected chi connectivity index (χ4v) is 4.92. The van der Waals surface area contributed by atoms with Crippen LogP contribution in [0.5, 0.6) is 0 Å². The van der Waals surface area contributed by atoms with Gasteiger partial charge in [-0.15, -0.1) is 0 Å². The standard InChI is InChI=1S/C23H21N9/c1-3-18(29-20(4-1)28-15-9-23(10-15)13-24-14-23)19-12-26-21-6-5-17(30-32(19)21)16-11-27-31-8-2-7-25-22(16)31/h1-8,11-12,15,24H,9-10,13-14H2,(H,28,29). The second kappa shape index (κ2) is 6.57. The zero-order valence-electron chi connectivity index (χ0n) is 17.3. The van der Waals surface area contributed by atoms with E-state index in [0.717, 1.165) is 52.8 Å². The van der Waals surface area contributed by atoms with E-state index in [2.05, 4.69) is 25.7 Å². The van der Waals surface area contributed by atoms with Crippen LogP contribution in [0.2, 0.25) is 0 Å². The number of rotatable bonds is 4. The molecule has 1 spiro atoms. The van der Waals surface area contributed by atoms with Crippen LogP contribution in [0.4, 0.5) is 5.82 Å². The lowest BCUT2D eigenvalue weighted by atomic mass is 9.62. The van der Waals surface area contributed by atoms with E-state index in [1.165, 1.54) is 12.8 Å². The normalized spacial score (nSPS) is 17.5. The molecule has 2 fully saturated rings. The summed E-state index contributed by atoms with van der Waals surface area (Å²) in [6.07, 6.45) is 9.67. The van der Waals surface area contributed by atoms with E-state index >= 15 is 0 Å². The van der Waals surface area contributed by atoms with Crippen LogP contribution in [-0.4, -0.2) is 53.3 Å². The summed E-state index contributed by atoms with van der Waals surface area (Å²) in [6, 6.07) is 12.3. The van der Waals surface area contributed by atoms with Gasteiger partial charge in [-0.25, -0.2) is 24.0 Å². The van der Waals surface area contributed by atoms with Gasteiger partial charge < -0.3 is 10.6 Å². The zero-order valence-corrected chi connectivity index (χ0v) is 17.3.